The molecule has 0 aromatic heterocycles. The minimum Gasteiger partial charge on any atom is -0.130 e. The number of thioether (sulfide) groups is 2. The number of benzene rings is 3. The van der Waals surface area contributed by atoms with E-state index in [1.807, 2.05) is 33.3 Å². The van der Waals surface area contributed by atoms with Gasteiger partial charge in [-0.3, -0.25) is 0 Å². The molecule has 0 nitrogen and oxygen atoms in total. The lowest BCUT2D eigenvalue weighted by molar-refractivity contribution is 1.24. The highest BCUT2D eigenvalue weighted by Crippen LogP contribution is 2.47. The molecule has 0 atom stereocenters. The quantitative estimate of drug-likeness (QED) is 0.276. The van der Waals surface area contributed by atoms with Crippen LogP contribution in [0.1, 0.15) is 22.3 Å². The Kier molecular flexibility index (Phi) is 7.54. The summed E-state index contributed by atoms with van der Waals surface area (Å²) in [5, 5.41) is 0. The summed E-state index contributed by atoms with van der Waals surface area (Å²) in [6, 6.07) is 18.2. The van der Waals surface area contributed by atoms with Crippen molar-refractivity contribution in [2.24, 2.45) is 0 Å². The summed E-state index contributed by atoms with van der Waals surface area (Å²) in [5.41, 5.74) is 8.00. The van der Waals surface area contributed by atoms with Crippen molar-refractivity contribution in [2.45, 2.75) is 47.3 Å². The molecule has 3 rings (SSSR count). The Bertz CT molecular complexity index is 992. The maximum atomic E-state index is 2.34. The molecule has 0 spiro atoms. The Balaban J connectivity index is 2.03. The van der Waals surface area contributed by atoms with E-state index in [0.29, 0.717) is 0 Å². The number of rotatable bonds is 6. The van der Waals surface area contributed by atoms with Gasteiger partial charge in [0.05, 0.1) is 0 Å². The van der Waals surface area contributed by atoms with Gasteiger partial charge in [0.1, 0.15) is 0 Å². The summed E-state index contributed by atoms with van der Waals surface area (Å²) in [4.78, 5) is 5.36. The SMILES string of the molecule is CSc1ccc(-c2cc(C)cc(C)c2SSc2ccc(C)cc2C)c(SC)c1. The van der Waals surface area contributed by atoms with Gasteiger partial charge in [-0.05, 0) is 80.7 Å². The Morgan fingerprint density at radius 1 is 0.571 bits per heavy atom. The van der Waals surface area contributed by atoms with Crippen LogP contribution in [0.3, 0.4) is 0 Å². The van der Waals surface area contributed by atoms with Gasteiger partial charge in [0.2, 0.25) is 0 Å². The molecule has 0 unspecified atom stereocenters. The van der Waals surface area contributed by atoms with Crippen molar-refractivity contribution in [3.05, 3.63) is 70.8 Å². The zero-order chi connectivity index (χ0) is 20.3. The molecule has 0 bridgehead atoms. The maximum Gasteiger partial charge on any atom is 0.0294 e. The molecule has 0 aliphatic carbocycles. The summed E-state index contributed by atoms with van der Waals surface area (Å²) in [6.07, 6.45) is 4.31. The van der Waals surface area contributed by atoms with Crippen molar-refractivity contribution >= 4 is 45.1 Å². The van der Waals surface area contributed by atoms with Crippen LogP contribution in [0, 0.1) is 27.7 Å². The van der Waals surface area contributed by atoms with E-state index in [1.54, 1.807) is 11.8 Å². The zero-order valence-corrected chi connectivity index (χ0v) is 20.5. The van der Waals surface area contributed by atoms with Crippen LogP contribution in [0.15, 0.2) is 68.1 Å². The first kappa shape index (κ1) is 21.8. The van der Waals surface area contributed by atoms with Crippen LogP contribution in [0.25, 0.3) is 11.1 Å². The first-order chi connectivity index (χ1) is 13.4. The van der Waals surface area contributed by atoms with E-state index in [1.165, 1.54) is 53.0 Å². The lowest BCUT2D eigenvalue weighted by atomic mass is 10.0. The molecule has 0 amide bonds. The Labute approximate surface area is 186 Å². The number of aryl methyl sites for hydroxylation is 4. The van der Waals surface area contributed by atoms with Crippen molar-refractivity contribution in [1.82, 2.24) is 0 Å². The fourth-order valence-electron chi connectivity index (χ4n) is 3.27. The van der Waals surface area contributed by atoms with Gasteiger partial charge in [-0.15, -0.1) is 23.5 Å². The molecule has 0 N–H and O–H groups in total. The normalized spacial score (nSPS) is 11.1. The molecule has 0 fully saturated rings. The Hall–Kier alpha value is -0.940. The zero-order valence-electron chi connectivity index (χ0n) is 17.3. The van der Waals surface area contributed by atoms with E-state index in [2.05, 4.69) is 88.7 Å². The van der Waals surface area contributed by atoms with Crippen molar-refractivity contribution in [1.29, 1.82) is 0 Å². The minimum atomic E-state index is 1.31. The van der Waals surface area contributed by atoms with Gasteiger partial charge in [-0.1, -0.05) is 63.0 Å². The van der Waals surface area contributed by atoms with E-state index in [-0.39, 0.29) is 0 Å². The van der Waals surface area contributed by atoms with Crippen molar-refractivity contribution in [3.63, 3.8) is 0 Å². The molecular formula is C24H26S4. The number of hydrogen-bond donors (Lipinski definition) is 0. The standard InChI is InChI=1S/C24H26S4/c1-15-7-10-22(17(3)11-15)27-28-24-18(4)12-16(2)13-21(24)20-9-8-19(25-5)14-23(20)26-6/h7-14H,1-6H3. The predicted octanol–water partition coefficient (Wildman–Crippen LogP) is 8.83. The largest absolute Gasteiger partial charge is 0.130 e. The summed E-state index contributed by atoms with van der Waals surface area (Å²) >= 11 is 3.63. The van der Waals surface area contributed by atoms with E-state index in [9.17, 15) is 0 Å². The van der Waals surface area contributed by atoms with Gasteiger partial charge in [-0.25, -0.2) is 0 Å². The molecule has 3 aromatic rings. The Morgan fingerprint density at radius 3 is 2.00 bits per heavy atom. The molecule has 0 aliphatic heterocycles. The molecule has 146 valence electrons. The van der Waals surface area contributed by atoms with Crippen LogP contribution in [0.4, 0.5) is 0 Å². The van der Waals surface area contributed by atoms with Gasteiger partial charge in [0.15, 0.2) is 0 Å². The summed E-state index contributed by atoms with van der Waals surface area (Å²) in [7, 11) is 3.75. The Morgan fingerprint density at radius 2 is 1.32 bits per heavy atom. The summed E-state index contributed by atoms with van der Waals surface area (Å²) < 4.78 is 0. The minimum absolute atomic E-state index is 1.31. The van der Waals surface area contributed by atoms with Crippen LogP contribution >= 0.6 is 45.1 Å². The molecule has 3 aromatic carbocycles. The lowest BCUT2D eigenvalue weighted by Gasteiger charge is -2.17. The fourth-order valence-corrected chi connectivity index (χ4v) is 7.10. The second-order valence-corrected chi connectivity index (χ2v) is 10.9. The first-order valence-electron chi connectivity index (χ1n) is 9.18. The van der Waals surface area contributed by atoms with Crippen LogP contribution in [-0.2, 0) is 0 Å². The maximum absolute atomic E-state index is 2.34. The van der Waals surface area contributed by atoms with Crippen LogP contribution < -0.4 is 0 Å². The van der Waals surface area contributed by atoms with Crippen LogP contribution in [-0.4, -0.2) is 12.5 Å². The van der Waals surface area contributed by atoms with Gasteiger partial charge >= 0.3 is 0 Å². The average molecular weight is 443 g/mol. The molecule has 0 radical (unpaired) electrons. The smallest absolute Gasteiger partial charge is 0.0294 e. The van der Waals surface area contributed by atoms with Gasteiger partial charge in [-0.2, -0.15) is 0 Å². The second-order valence-electron chi connectivity index (χ2n) is 6.96. The topological polar surface area (TPSA) is 0 Å². The molecular weight excluding hydrogens is 417 g/mol. The van der Waals surface area contributed by atoms with E-state index >= 15 is 0 Å². The third-order valence-corrected chi connectivity index (χ3v) is 8.88. The fraction of sp³-hybridized carbons (Fsp3) is 0.250. The van der Waals surface area contributed by atoms with Gasteiger partial charge < -0.3 is 0 Å². The van der Waals surface area contributed by atoms with Crippen LogP contribution in [0.2, 0.25) is 0 Å². The third-order valence-electron chi connectivity index (χ3n) is 4.66. The highest BCUT2D eigenvalue weighted by Gasteiger charge is 2.15. The number of hydrogen-bond acceptors (Lipinski definition) is 4. The molecule has 0 aliphatic rings. The van der Waals surface area contributed by atoms with Crippen LogP contribution in [0.5, 0.6) is 0 Å². The first-order valence-corrected chi connectivity index (χ1v) is 13.8. The molecule has 0 heterocycles. The third kappa shape index (κ3) is 4.96. The highest BCUT2D eigenvalue weighted by molar-refractivity contribution is 8.76. The molecule has 4 heteroatoms. The van der Waals surface area contributed by atoms with E-state index < -0.39 is 0 Å². The molecule has 0 saturated carbocycles. The molecule has 0 saturated heterocycles. The van der Waals surface area contributed by atoms with Gasteiger partial charge in [0.25, 0.3) is 0 Å². The van der Waals surface area contributed by atoms with Crippen molar-refractivity contribution < 1.29 is 0 Å². The predicted molar refractivity (Wildman–Crippen MR) is 133 cm³/mol. The van der Waals surface area contributed by atoms with Gasteiger partial charge in [0, 0.05) is 19.6 Å². The molecule has 28 heavy (non-hydrogen) atoms. The monoisotopic (exact) mass is 442 g/mol. The van der Waals surface area contributed by atoms with Crippen molar-refractivity contribution in [2.75, 3.05) is 12.5 Å². The summed E-state index contributed by atoms with van der Waals surface area (Å²) in [6.45, 7) is 8.78. The van der Waals surface area contributed by atoms with E-state index in [4.69, 9.17) is 0 Å². The van der Waals surface area contributed by atoms with E-state index in [0.717, 1.165) is 0 Å². The van der Waals surface area contributed by atoms with Crippen molar-refractivity contribution in [3.8, 4) is 11.1 Å². The highest BCUT2D eigenvalue weighted by atomic mass is 33.1. The summed E-state index contributed by atoms with van der Waals surface area (Å²) in [5.74, 6) is 0. The lowest BCUT2D eigenvalue weighted by Crippen LogP contribution is -1.91. The average Bonchev–Trinajstić information content (AvgIpc) is 2.67. The second kappa shape index (κ2) is 9.71.